The van der Waals surface area contributed by atoms with Crippen molar-refractivity contribution in [3.8, 4) is 0 Å². The quantitative estimate of drug-likeness (QED) is 0.410. The van der Waals surface area contributed by atoms with Crippen molar-refractivity contribution < 1.29 is 9.18 Å². The standard InChI is InChI=1S/C25H27FN4O/c26-13-5-6-16-29-23-12-4-2-10-21(23)27-24(29)18-30-22-11-3-1-9-19(22)20(25(30)31)17-28-14-7-8-15-28/h1-4,9-12,17H,5-8,13-16,18H2/b20-17-. The molecule has 0 aliphatic carbocycles. The van der Waals surface area contributed by atoms with Crippen molar-refractivity contribution in [1.29, 1.82) is 0 Å². The highest BCUT2D eigenvalue weighted by atomic mass is 19.1. The van der Waals surface area contributed by atoms with Crippen LogP contribution in [-0.2, 0) is 17.9 Å². The first kappa shape index (κ1) is 19.8. The van der Waals surface area contributed by atoms with E-state index in [1.54, 1.807) is 0 Å². The van der Waals surface area contributed by atoms with E-state index in [9.17, 15) is 9.18 Å². The lowest BCUT2D eigenvalue weighted by Gasteiger charge is -2.18. The Hall–Kier alpha value is -3.15. The molecular weight excluding hydrogens is 391 g/mol. The molecule has 31 heavy (non-hydrogen) atoms. The summed E-state index contributed by atoms with van der Waals surface area (Å²) in [6, 6.07) is 16.0. The molecule has 0 bridgehead atoms. The summed E-state index contributed by atoms with van der Waals surface area (Å²) >= 11 is 0. The van der Waals surface area contributed by atoms with Crippen LogP contribution in [0.15, 0.2) is 54.7 Å². The van der Waals surface area contributed by atoms with Crippen molar-refractivity contribution in [2.24, 2.45) is 0 Å². The van der Waals surface area contributed by atoms with Gasteiger partial charge in [0.1, 0.15) is 5.82 Å². The number of rotatable bonds is 7. The van der Waals surface area contributed by atoms with Crippen LogP contribution in [0.3, 0.4) is 0 Å². The normalized spacial score (nSPS) is 17.3. The Morgan fingerprint density at radius 1 is 1.00 bits per heavy atom. The lowest BCUT2D eigenvalue weighted by atomic mass is 10.1. The number of fused-ring (bicyclic) bond motifs is 2. The van der Waals surface area contributed by atoms with Crippen LogP contribution < -0.4 is 4.90 Å². The van der Waals surface area contributed by atoms with Gasteiger partial charge in [0.05, 0.1) is 35.5 Å². The molecular formula is C25H27FN4O. The lowest BCUT2D eigenvalue weighted by molar-refractivity contribution is -0.113. The number of imidazole rings is 1. The van der Waals surface area contributed by atoms with Crippen molar-refractivity contribution in [2.45, 2.75) is 38.8 Å². The molecule has 3 aromatic rings. The van der Waals surface area contributed by atoms with Gasteiger partial charge in [-0.2, -0.15) is 0 Å². The van der Waals surface area contributed by atoms with Crippen molar-refractivity contribution in [3.63, 3.8) is 0 Å². The largest absolute Gasteiger partial charge is 0.377 e. The number of alkyl halides is 1. The van der Waals surface area contributed by atoms with E-state index in [0.29, 0.717) is 19.5 Å². The van der Waals surface area contributed by atoms with Gasteiger partial charge in [-0.1, -0.05) is 30.3 Å². The second-order valence-corrected chi connectivity index (χ2v) is 8.26. The predicted octanol–water partition coefficient (Wildman–Crippen LogP) is 4.77. The monoisotopic (exact) mass is 418 g/mol. The van der Waals surface area contributed by atoms with E-state index in [4.69, 9.17) is 4.98 Å². The van der Waals surface area contributed by atoms with E-state index >= 15 is 0 Å². The first-order valence-electron chi connectivity index (χ1n) is 11.1. The molecule has 2 aromatic carbocycles. The molecule has 5 rings (SSSR count). The van der Waals surface area contributed by atoms with Crippen LogP contribution in [0.1, 0.15) is 37.1 Å². The Morgan fingerprint density at radius 2 is 1.77 bits per heavy atom. The zero-order valence-corrected chi connectivity index (χ0v) is 17.6. The summed E-state index contributed by atoms with van der Waals surface area (Å²) in [4.78, 5) is 22.4. The Morgan fingerprint density at radius 3 is 2.61 bits per heavy atom. The molecule has 1 aromatic heterocycles. The number of likely N-dealkylation sites (tertiary alicyclic amines) is 1. The maximum Gasteiger partial charge on any atom is 0.260 e. The molecule has 2 aliphatic heterocycles. The van der Waals surface area contributed by atoms with Gasteiger partial charge in [-0.05, 0) is 43.9 Å². The van der Waals surface area contributed by atoms with Crippen LogP contribution >= 0.6 is 0 Å². The molecule has 1 saturated heterocycles. The van der Waals surface area contributed by atoms with Gasteiger partial charge in [0, 0.05) is 31.4 Å². The molecule has 6 heteroatoms. The fraction of sp³-hybridized carbons (Fsp3) is 0.360. The van der Waals surface area contributed by atoms with Gasteiger partial charge in [-0.15, -0.1) is 0 Å². The zero-order valence-electron chi connectivity index (χ0n) is 17.6. The molecule has 160 valence electrons. The van der Waals surface area contributed by atoms with Crippen LogP contribution in [0.4, 0.5) is 10.1 Å². The number of carbonyl (C=O) groups excluding carboxylic acids is 1. The molecule has 0 unspecified atom stereocenters. The minimum atomic E-state index is -0.315. The topological polar surface area (TPSA) is 41.4 Å². The van der Waals surface area contributed by atoms with Gasteiger partial charge >= 0.3 is 0 Å². The molecule has 1 fully saturated rings. The van der Waals surface area contributed by atoms with Crippen LogP contribution in [0.5, 0.6) is 0 Å². The molecule has 0 saturated carbocycles. The molecule has 0 spiro atoms. The molecule has 5 nitrogen and oxygen atoms in total. The number of carbonyl (C=O) groups is 1. The molecule has 1 amide bonds. The SMILES string of the molecule is O=C1/C(=C\N2CCCC2)c2ccccc2N1Cc1nc2ccccc2n1CCCCF. The molecule has 0 N–H and O–H groups in total. The third-order valence-electron chi connectivity index (χ3n) is 6.21. The zero-order chi connectivity index (χ0) is 21.2. The second-order valence-electron chi connectivity index (χ2n) is 8.26. The number of hydrogen-bond donors (Lipinski definition) is 0. The predicted molar refractivity (Wildman–Crippen MR) is 121 cm³/mol. The van der Waals surface area contributed by atoms with E-state index < -0.39 is 0 Å². The van der Waals surface area contributed by atoms with Crippen molar-refractivity contribution in [1.82, 2.24) is 14.5 Å². The Bertz CT molecular complexity index is 1130. The Balaban J connectivity index is 1.50. The average Bonchev–Trinajstić information content (AvgIpc) is 3.49. The second kappa shape index (κ2) is 8.53. The van der Waals surface area contributed by atoms with Crippen LogP contribution in [-0.4, -0.2) is 40.1 Å². The number of benzene rings is 2. The van der Waals surface area contributed by atoms with Gasteiger partial charge in [0.2, 0.25) is 0 Å². The summed E-state index contributed by atoms with van der Waals surface area (Å²) in [7, 11) is 0. The number of para-hydroxylation sites is 3. The van der Waals surface area contributed by atoms with Gasteiger partial charge in [0.15, 0.2) is 0 Å². The highest BCUT2D eigenvalue weighted by Crippen LogP contribution is 2.38. The van der Waals surface area contributed by atoms with Gasteiger partial charge in [0.25, 0.3) is 5.91 Å². The van der Waals surface area contributed by atoms with Gasteiger partial charge in [-0.3, -0.25) is 9.18 Å². The number of aromatic nitrogens is 2. The number of amides is 1. The van der Waals surface area contributed by atoms with E-state index in [-0.39, 0.29) is 12.6 Å². The maximum atomic E-state index is 13.5. The van der Waals surface area contributed by atoms with Crippen molar-refractivity contribution in [2.75, 3.05) is 24.7 Å². The third-order valence-corrected chi connectivity index (χ3v) is 6.21. The van der Waals surface area contributed by atoms with Gasteiger partial charge < -0.3 is 14.4 Å². The summed E-state index contributed by atoms with van der Waals surface area (Å²) in [6.07, 6.45) is 5.66. The minimum absolute atomic E-state index is 0.0236. The number of hydrogen-bond acceptors (Lipinski definition) is 3. The maximum absolute atomic E-state index is 13.5. The molecule has 0 atom stereocenters. The smallest absolute Gasteiger partial charge is 0.260 e. The van der Waals surface area contributed by atoms with Gasteiger partial charge in [-0.25, -0.2) is 4.98 Å². The van der Waals surface area contributed by atoms with E-state index in [1.807, 2.05) is 59.6 Å². The van der Waals surface area contributed by atoms with Crippen LogP contribution in [0.25, 0.3) is 16.6 Å². The number of halogens is 1. The lowest BCUT2D eigenvalue weighted by Crippen LogP contribution is -2.28. The van der Waals surface area contributed by atoms with E-state index in [0.717, 1.165) is 53.2 Å². The Labute approximate surface area is 181 Å². The first-order chi connectivity index (χ1) is 15.3. The summed E-state index contributed by atoms with van der Waals surface area (Å²) in [6.45, 7) is 2.79. The molecule has 3 heterocycles. The average molecular weight is 419 g/mol. The third kappa shape index (κ3) is 3.71. The number of unbranched alkanes of at least 4 members (excludes halogenated alkanes) is 1. The minimum Gasteiger partial charge on any atom is -0.377 e. The van der Waals surface area contributed by atoms with E-state index in [1.165, 1.54) is 12.8 Å². The fourth-order valence-electron chi connectivity index (χ4n) is 4.64. The van der Waals surface area contributed by atoms with E-state index in [2.05, 4.69) is 9.47 Å². The Kier molecular flexibility index (Phi) is 5.45. The molecule has 0 radical (unpaired) electrons. The highest BCUT2D eigenvalue weighted by molar-refractivity contribution is 6.32. The van der Waals surface area contributed by atoms with Crippen LogP contribution in [0, 0.1) is 0 Å². The summed E-state index contributed by atoms with van der Waals surface area (Å²) in [5.74, 6) is 0.862. The number of nitrogens with zero attached hydrogens (tertiary/aromatic N) is 4. The van der Waals surface area contributed by atoms with Crippen molar-refractivity contribution in [3.05, 3.63) is 66.1 Å². The fourth-order valence-corrected chi connectivity index (χ4v) is 4.64. The van der Waals surface area contributed by atoms with Crippen LogP contribution in [0.2, 0.25) is 0 Å². The summed E-state index contributed by atoms with van der Waals surface area (Å²) in [5.41, 5.74) is 4.62. The van der Waals surface area contributed by atoms with Crippen molar-refractivity contribution >= 4 is 28.2 Å². The molecule has 2 aliphatic rings. The number of anilines is 1. The first-order valence-corrected chi connectivity index (χ1v) is 11.1. The highest BCUT2D eigenvalue weighted by Gasteiger charge is 2.34. The summed E-state index contributed by atoms with van der Waals surface area (Å²) in [5, 5.41) is 0. The number of aryl methyl sites for hydroxylation is 1. The summed E-state index contributed by atoms with van der Waals surface area (Å²) < 4.78 is 14.8.